The lowest BCUT2D eigenvalue weighted by molar-refractivity contribution is 0.782. The van der Waals surface area contributed by atoms with Gasteiger partial charge in [0.2, 0.25) is 0 Å². The standard InChI is InChI=1S/C26H29/c1-3-5-13-22-17-12-18-23(14-6-4-2)26(22)25-20-11-10-19-24(25)21-15-8-7-9-16-21/h7-9,11-12,15-20H,3-6,13-14H2,1-2H3. The number of benzene rings is 3. The lowest BCUT2D eigenvalue weighted by Gasteiger charge is -2.18. The Morgan fingerprint density at radius 1 is 0.692 bits per heavy atom. The van der Waals surface area contributed by atoms with Gasteiger partial charge in [0.1, 0.15) is 0 Å². The van der Waals surface area contributed by atoms with Crippen LogP contribution in [0.2, 0.25) is 0 Å². The molecule has 0 aromatic heterocycles. The molecule has 3 aromatic rings. The van der Waals surface area contributed by atoms with Crippen LogP contribution < -0.4 is 0 Å². The van der Waals surface area contributed by atoms with Crippen LogP contribution in [0.4, 0.5) is 0 Å². The van der Waals surface area contributed by atoms with E-state index in [2.05, 4.69) is 86.6 Å². The molecule has 0 amide bonds. The highest BCUT2D eigenvalue weighted by Crippen LogP contribution is 2.37. The molecule has 3 rings (SSSR count). The fraction of sp³-hybridized carbons (Fsp3) is 0.308. The topological polar surface area (TPSA) is 0 Å². The average molecular weight is 342 g/mol. The first-order valence-electron chi connectivity index (χ1n) is 10.0. The maximum atomic E-state index is 3.29. The molecule has 133 valence electrons. The Labute approximate surface area is 158 Å². The number of unbranched alkanes of at least 4 members (excludes halogenated alkanes) is 2. The molecule has 0 bridgehead atoms. The van der Waals surface area contributed by atoms with Gasteiger partial charge in [0, 0.05) is 0 Å². The third-order valence-electron chi connectivity index (χ3n) is 5.05. The molecule has 0 heterocycles. The van der Waals surface area contributed by atoms with Crippen LogP contribution in [0.5, 0.6) is 0 Å². The van der Waals surface area contributed by atoms with Gasteiger partial charge in [-0.1, -0.05) is 87.4 Å². The third kappa shape index (κ3) is 4.25. The molecular weight excluding hydrogens is 312 g/mol. The molecule has 0 atom stereocenters. The molecule has 0 spiro atoms. The largest absolute Gasteiger partial charge is 0.0654 e. The van der Waals surface area contributed by atoms with Crippen molar-refractivity contribution in [2.45, 2.75) is 52.4 Å². The summed E-state index contributed by atoms with van der Waals surface area (Å²) in [5.74, 6) is 0. The molecule has 0 heteroatoms. The second-order valence-corrected chi connectivity index (χ2v) is 7.00. The fourth-order valence-electron chi connectivity index (χ4n) is 3.66. The van der Waals surface area contributed by atoms with Crippen molar-refractivity contribution in [2.75, 3.05) is 0 Å². The van der Waals surface area contributed by atoms with Gasteiger partial charge in [0.15, 0.2) is 0 Å². The van der Waals surface area contributed by atoms with Crippen molar-refractivity contribution in [3.8, 4) is 22.3 Å². The predicted molar refractivity (Wildman–Crippen MR) is 113 cm³/mol. The molecule has 0 fully saturated rings. The van der Waals surface area contributed by atoms with Crippen LogP contribution in [0.3, 0.4) is 0 Å². The van der Waals surface area contributed by atoms with Gasteiger partial charge in [-0.2, -0.15) is 0 Å². The predicted octanol–water partition coefficient (Wildman–Crippen LogP) is 7.51. The first kappa shape index (κ1) is 18.5. The summed E-state index contributed by atoms with van der Waals surface area (Å²) in [5.41, 5.74) is 8.35. The molecule has 0 aliphatic heterocycles. The molecule has 0 aliphatic rings. The molecule has 0 nitrogen and oxygen atoms in total. The average Bonchev–Trinajstić information content (AvgIpc) is 2.71. The van der Waals surface area contributed by atoms with Crippen LogP contribution in [0.25, 0.3) is 22.3 Å². The van der Waals surface area contributed by atoms with Crippen LogP contribution in [0.15, 0.2) is 66.7 Å². The summed E-state index contributed by atoms with van der Waals surface area (Å²) in [6.07, 6.45) is 7.24. The summed E-state index contributed by atoms with van der Waals surface area (Å²) >= 11 is 0. The van der Waals surface area contributed by atoms with E-state index in [-0.39, 0.29) is 0 Å². The zero-order chi connectivity index (χ0) is 18.2. The summed E-state index contributed by atoms with van der Waals surface area (Å²) in [4.78, 5) is 0. The van der Waals surface area contributed by atoms with Crippen LogP contribution in [0, 0.1) is 6.07 Å². The second kappa shape index (κ2) is 9.38. The summed E-state index contributed by atoms with van der Waals surface area (Å²) in [7, 11) is 0. The minimum Gasteiger partial charge on any atom is -0.0654 e. The van der Waals surface area contributed by atoms with Gasteiger partial charge in [0.05, 0.1) is 0 Å². The molecule has 0 saturated heterocycles. The van der Waals surface area contributed by atoms with Crippen LogP contribution in [0.1, 0.15) is 50.7 Å². The molecule has 1 radical (unpaired) electrons. The Kier molecular flexibility index (Phi) is 6.66. The molecule has 3 aromatic carbocycles. The highest BCUT2D eigenvalue weighted by molar-refractivity contribution is 5.86. The summed E-state index contributed by atoms with van der Waals surface area (Å²) in [5, 5.41) is 0. The Hall–Kier alpha value is -2.34. The third-order valence-corrected chi connectivity index (χ3v) is 5.05. The van der Waals surface area contributed by atoms with Gasteiger partial charge in [0.25, 0.3) is 0 Å². The summed E-state index contributed by atoms with van der Waals surface area (Å²) in [6, 6.07) is 27.4. The smallest absolute Gasteiger partial charge is 0.00990 e. The maximum Gasteiger partial charge on any atom is -0.00990 e. The van der Waals surface area contributed by atoms with E-state index >= 15 is 0 Å². The van der Waals surface area contributed by atoms with Crippen LogP contribution >= 0.6 is 0 Å². The van der Waals surface area contributed by atoms with E-state index in [4.69, 9.17) is 0 Å². The number of aryl methyl sites for hydroxylation is 2. The first-order valence-corrected chi connectivity index (χ1v) is 10.0. The van der Waals surface area contributed by atoms with Crippen molar-refractivity contribution in [3.63, 3.8) is 0 Å². The molecule has 0 N–H and O–H groups in total. The van der Waals surface area contributed by atoms with Gasteiger partial charge in [-0.05, 0) is 71.2 Å². The fourth-order valence-corrected chi connectivity index (χ4v) is 3.66. The van der Waals surface area contributed by atoms with E-state index in [1.165, 1.54) is 59.1 Å². The van der Waals surface area contributed by atoms with E-state index in [0.29, 0.717) is 0 Å². The molecule has 0 unspecified atom stereocenters. The Bertz CT molecular complexity index is 788. The van der Waals surface area contributed by atoms with E-state index < -0.39 is 0 Å². The SMILES string of the molecule is CCCCc1cccc(CCCC)c1-c1cc[c]cc1-c1ccccc1. The van der Waals surface area contributed by atoms with Crippen molar-refractivity contribution in [1.82, 2.24) is 0 Å². The molecule has 26 heavy (non-hydrogen) atoms. The second-order valence-electron chi connectivity index (χ2n) is 7.00. The monoisotopic (exact) mass is 341 g/mol. The van der Waals surface area contributed by atoms with E-state index in [1.807, 2.05) is 0 Å². The lowest BCUT2D eigenvalue weighted by Crippen LogP contribution is -1.98. The van der Waals surface area contributed by atoms with Crippen LogP contribution in [-0.4, -0.2) is 0 Å². The Morgan fingerprint density at radius 2 is 1.35 bits per heavy atom. The van der Waals surface area contributed by atoms with E-state index in [1.54, 1.807) is 0 Å². The number of hydrogen-bond donors (Lipinski definition) is 0. The van der Waals surface area contributed by atoms with E-state index in [9.17, 15) is 0 Å². The van der Waals surface area contributed by atoms with Crippen molar-refractivity contribution < 1.29 is 0 Å². The van der Waals surface area contributed by atoms with Crippen molar-refractivity contribution in [2.24, 2.45) is 0 Å². The summed E-state index contributed by atoms with van der Waals surface area (Å²) in [6.45, 7) is 4.54. The quantitative estimate of drug-likeness (QED) is 0.398. The van der Waals surface area contributed by atoms with Gasteiger partial charge in [-0.3, -0.25) is 0 Å². The Morgan fingerprint density at radius 3 is 1.96 bits per heavy atom. The Balaban J connectivity index is 2.16. The minimum atomic E-state index is 1.15. The van der Waals surface area contributed by atoms with Gasteiger partial charge in [-0.25, -0.2) is 0 Å². The zero-order valence-electron chi connectivity index (χ0n) is 16.1. The zero-order valence-corrected chi connectivity index (χ0v) is 16.1. The lowest BCUT2D eigenvalue weighted by atomic mass is 9.86. The number of rotatable bonds is 8. The van der Waals surface area contributed by atoms with Gasteiger partial charge < -0.3 is 0 Å². The van der Waals surface area contributed by atoms with Crippen molar-refractivity contribution in [1.29, 1.82) is 0 Å². The van der Waals surface area contributed by atoms with Gasteiger partial charge >= 0.3 is 0 Å². The van der Waals surface area contributed by atoms with Crippen LogP contribution in [-0.2, 0) is 12.8 Å². The molecule has 0 saturated carbocycles. The van der Waals surface area contributed by atoms with Gasteiger partial charge in [-0.15, -0.1) is 0 Å². The highest BCUT2D eigenvalue weighted by Gasteiger charge is 2.14. The normalized spacial score (nSPS) is 10.8. The maximum absolute atomic E-state index is 3.29. The molecular formula is C26H29. The van der Waals surface area contributed by atoms with E-state index in [0.717, 1.165) is 12.8 Å². The highest BCUT2D eigenvalue weighted by atomic mass is 14.2. The molecule has 0 aliphatic carbocycles. The first-order chi connectivity index (χ1) is 12.8. The minimum absolute atomic E-state index is 1.15. The summed E-state index contributed by atoms with van der Waals surface area (Å²) < 4.78 is 0. The number of hydrogen-bond acceptors (Lipinski definition) is 0. The van der Waals surface area contributed by atoms with Crippen molar-refractivity contribution in [3.05, 3.63) is 83.9 Å². The van der Waals surface area contributed by atoms with Crippen molar-refractivity contribution >= 4 is 0 Å².